The van der Waals surface area contributed by atoms with Crippen molar-refractivity contribution in [3.8, 4) is 17.1 Å². The van der Waals surface area contributed by atoms with E-state index in [0.29, 0.717) is 11.7 Å². The summed E-state index contributed by atoms with van der Waals surface area (Å²) in [6.45, 7) is 8.04. The molecule has 0 saturated carbocycles. The number of nitrogens with zero attached hydrogens (tertiary/aromatic N) is 2. The van der Waals surface area contributed by atoms with E-state index in [1.54, 1.807) is 7.11 Å². The first kappa shape index (κ1) is 14.5. The Morgan fingerprint density at radius 2 is 1.80 bits per heavy atom. The van der Waals surface area contributed by atoms with E-state index in [1.807, 2.05) is 39.8 Å². The van der Waals surface area contributed by atoms with Crippen molar-refractivity contribution in [2.24, 2.45) is 11.7 Å². The summed E-state index contributed by atoms with van der Waals surface area (Å²) in [6.07, 6.45) is 0. The molecule has 0 aliphatic heterocycles. The molecule has 0 bridgehead atoms. The maximum Gasteiger partial charge on any atom is 0.244 e. The Bertz CT molecular complexity index is 582. The molecule has 0 aliphatic carbocycles. The van der Waals surface area contributed by atoms with Gasteiger partial charge in [0.1, 0.15) is 5.75 Å². The van der Waals surface area contributed by atoms with Gasteiger partial charge in [-0.15, -0.1) is 0 Å². The molecule has 2 rings (SSSR count). The predicted molar refractivity (Wildman–Crippen MR) is 77.5 cm³/mol. The highest BCUT2D eigenvalue weighted by Gasteiger charge is 2.19. The lowest BCUT2D eigenvalue weighted by Crippen LogP contribution is -2.16. The minimum atomic E-state index is -0.239. The first-order valence-electron chi connectivity index (χ1n) is 6.68. The first-order valence-corrected chi connectivity index (χ1v) is 6.68. The van der Waals surface area contributed by atoms with E-state index in [0.717, 1.165) is 22.4 Å². The molecule has 2 aromatic rings. The second-order valence-electron chi connectivity index (χ2n) is 5.37. The van der Waals surface area contributed by atoms with Crippen molar-refractivity contribution in [2.45, 2.75) is 33.7 Å². The molecule has 0 radical (unpaired) electrons. The highest BCUT2D eigenvalue weighted by Crippen LogP contribution is 2.29. The highest BCUT2D eigenvalue weighted by molar-refractivity contribution is 5.60. The average Bonchev–Trinajstić information content (AvgIpc) is 2.86. The molecule has 5 nitrogen and oxygen atoms in total. The Balaban J connectivity index is 2.38. The molecule has 5 heteroatoms. The van der Waals surface area contributed by atoms with Crippen molar-refractivity contribution < 1.29 is 9.26 Å². The molecule has 1 aromatic carbocycles. The fraction of sp³-hybridized carbons (Fsp3) is 0.467. The zero-order valence-corrected chi connectivity index (χ0v) is 12.6. The lowest BCUT2D eigenvalue weighted by atomic mass is 10.0. The van der Waals surface area contributed by atoms with Crippen LogP contribution in [0.5, 0.6) is 5.75 Å². The minimum absolute atomic E-state index is 0.239. The topological polar surface area (TPSA) is 74.2 Å². The van der Waals surface area contributed by atoms with Crippen LogP contribution in [0, 0.1) is 19.8 Å². The standard InChI is InChI=1S/C15H21N3O2/c1-8(2)12(16)15-17-14(18-20-15)11-6-9(3)13(19-5)10(4)7-11/h6-8,12H,16H2,1-5H3/t12-/m0/s1. The molecule has 0 unspecified atom stereocenters. The Hall–Kier alpha value is -1.88. The molecule has 1 aromatic heterocycles. The molecule has 1 atom stereocenters. The van der Waals surface area contributed by atoms with E-state index in [2.05, 4.69) is 10.1 Å². The smallest absolute Gasteiger partial charge is 0.244 e. The number of hydrogen-bond acceptors (Lipinski definition) is 5. The van der Waals surface area contributed by atoms with Crippen LogP contribution in [-0.4, -0.2) is 17.3 Å². The van der Waals surface area contributed by atoms with Gasteiger partial charge in [-0.3, -0.25) is 0 Å². The molecule has 0 saturated heterocycles. The molecule has 0 amide bonds. The van der Waals surface area contributed by atoms with Gasteiger partial charge < -0.3 is 15.0 Å². The summed E-state index contributed by atoms with van der Waals surface area (Å²) in [5, 5.41) is 4.02. The third kappa shape index (κ3) is 2.67. The van der Waals surface area contributed by atoms with Gasteiger partial charge in [0.15, 0.2) is 0 Å². The molecule has 108 valence electrons. The van der Waals surface area contributed by atoms with Crippen LogP contribution in [-0.2, 0) is 0 Å². The van der Waals surface area contributed by atoms with Crippen LogP contribution in [0.25, 0.3) is 11.4 Å². The number of hydrogen-bond donors (Lipinski definition) is 1. The van der Waals surface area contributed by atoms with E-state index in [-0.39, 0.29) is 12.0 Å². The summed E-state index contributed by atoms with van der Waals surface area (Å²) >= 11 is 0. The summed E-state index contributed by atoms with van der Waals surface area (Å²) in [5.41, 5.74) is 9.01. The molecular weight excluding hydrogens is 254 g/mol. The number of aryl methyl sites for hydroxylation is 2. The van der Waals surface area contributed by atoms with Gasteiger partial charge in [-0.2, -0.15) is 4.98 Å². The highest BCUT2D eigenvalue weighted by atomic mass is 16.5. The second-order valence-corrected chi connectivity index (χ2v) is 5.37. The van der Waals surface area contributed by atoms with Crippen molar-refractivity contribution in [1.82, 2.24) is 10.1 Å². The molecule has 20 heavy (non-hydrogen) atoms. The summed E-state index contributed by atoms with van der Waals surface area (Å²) in [4.78, 5) is 4.40. The van der Waals surface area contributed by atoms with Crippen LogP contribution in [0.1, 0.15) is 36.9 Å². The van der Waals surface area contributed by atoms with E-state index in [9.17, 15) is 0 Å². The SMILES string of the molecule is COc1c(C)cc(-c2noc([C@@H](N)C(C)C)n2)cc1C. The fourth-order valence-corrected chi connectivity index (χ4v) is 2.17. The fourth-order valence-electron chi connectivity index (χ4n) is 2.17. The third-order valence-corrected chi connectivity index (χ3v) is 3.37. The maximum absolute atomic E-state index is 6.02. The summed E-state index contributed by atoms with van der Waals surface area (Å²) < 4.78 is 10.6. The zero-order chi connectivity index (χ0) is 14.9. The van der Waals surface area contributed by atoms with Crippen LogP contribution in [0.3, 0.4) is 0 Å². The van der Waals surface area contributed by atoms with Crippen molar-refractivity contribution in [2.75, 3.05) is 7.11 Å². The third-order valence-electron chi connectivity index (χ3n) is 3.37. The van der Waals surface area contributed by atoms with E-state index in [4.69, 9.17) is 15.0 Å². The largest absolute Gasteiger partial charge is 0.496 e. The van der Waals surface area contributed by atoms with Gasteiger partial charge in [-0.25, -0.2) is 0 Å². The maximum atomic E-state index is 6.02. The van der Waals surface area contributed by atoms with E-state index in [1.165, 1.54) is 0 Å². The quantitative estimate of drug-likeness (QED) is 0.928. The minimum Gasteiger partial charge on any atom is -0.496 e. The van der Waals surface area contributed by atoms with Gasteiger partial charge in [0.2, 0.25) is 11.7 Å². The van der Waals surface area contributed by atoms with Crippen LogP contribution >= 0.6 is 0 Å². The summed E-state index contributed by atoms with van der Waals surface area (Å²) in [7, 11) is 1.67. The molecule has 1 heterocycles. The zero-order valence-electron chi connectivity index (χ0n) is 12.6. The predicted octanol–water partition coefficient (Wildman–Crippen LogP) is 3.02. The van der Waals surface area contributed by atoms with Gasteiger partial charge >= 0.3 is 0 Å². The molecule has 0 aliphatic rings. The van der Waals surface area contributed by atoms with Gasteiger partial charge in [0, 0.05) is 5.56 Å². The van der Waals surface area contributed by atoms with Crippen molar-refractivity contribution in [3.05, 3.63) is 29.2 Å². The number of rotatable bonds is 4. The van der Waals surface area contributed by atoms with Crippen LogP contribution in [0.15, 0.2) is 16.7 Å². The first-order chi connectivity index (χ1) is 9.43. The Morgan fingerprint density at radius 3 is 2.30 bits per heavy atom. The molecule has 2 N–H and O–H groups in total. The second kappa shape index (κ2) is 5.63. The molecule has 0 spiro atoms. The van der Waals surface area contributed by atoms with Crippen molar-refractivity contribution in [1.29, 1.82) is 0 Å². The van der Waals surface area contributed by atoms with Crippen molar-refractivity contribution >= 4 is 0 Å². The normalized spacial score (nSPS) is 12.8. The summed E-state index contributed by atoms with van der Waals surface area (Å²) in [6, 6.07) is 3.74. The lowest BCUT2D eigenvalue weighted by Gasteiger charge is -2.10. The molecular formula is C15H21N3O2. The number of aromatic nitrogens is 2. The monoisotopic (exact) mass is 275 g/mol. The van der Waals surface area contributed by atoms with Gasteiger partial charge in [0.05, 0.1) is 13.2 Å². The number of nitrogens with two attached hydrogens (primary N) is 1. The van der Waals surface area contributed by atoms with Crippen molar-refractivity contribution in [3.63, 3.8) is 0 Å². The van der Waals surface area contributed by atoms with Crippen LogP contribution < -0.4 is 10.5 Å². The number of ether oxygens (including phenoxy) is 1. The Morgan fingerprint density at radius 1 is 1.20 bits per heavy atom. The van der Waals surface area contributed by atoms with Crippen LogP contribution in [0.2, 0.25) is 0 Å². The Kier molecular flexibility index (Phi) is 4.09. The lowest BCUT2D eigenvalue weighted by molar-refractivity contribution is 0.325. The number of benzene rings is 1. The van der Waals surface area contributed by atoms with E-state index >= 15 is 0 Å². The van der Waals surface area contributed by atoms with Gasteiger partial charge in [-0.1, -0.05) is 19.0 Å². The molecule has 0 fully saturated rings. The van der Waals surface area contributed by atoms with Gasteiger partial charge in [-0.05, 0) is 43.0 Å². The van der Waals surface area contributed by atoms with Gasteiger partial charge in [0.25, 0.3) is 0 Å². The number of methoxy groups -OCH3 is 1. The van der Waals surface area contributed by atoms with Crippen LogP contribution in [0.4, 0.5) is 0 Å². The van der Waals surface area contributed by atoms with E-state index < -0.39 is 0 Å². The Labute approximate surface area is 119 Å². The summed E-state index contributed by atoms with van der Waals surface area (Å²) in [5.74, 6) is 2.17. The average molecular weight is 275 g/mol.